The van der Waals surface area contributed by atoms with E-state index in [4.69, 9.17) is 0 Å². The zero-order valence-electron chi connectivity index (χ0n) is 10.4. The van der Waals surface area contributed by atoms with Crippen molar-refractivity contribution < 1.29 is 10.0 Å². The van der Waals surface area contributed by atoms with E-state index in [1.807, 2.05) is 13.8 Å². The van der Waals surface area contributed by atoms with E-state index in [0.717, 1.165) is 5.69 Å². The number of aryl methyl sites for hydroxylation is 1. The van der Waals surface area contributed by atoms with Gasteiger partial charge in [-0.1, -0.05) is 13.8 Å². The van der Waals surface area contributed by atoms with Crippen molar-refractivity contribution in [3.63, 3.8) is 0 Å². The molecule has 0 fully saturated rings. The van der Waals surface area contributed by atoms with Crippen LogP contribution >= 0.6 is 0 Å². The third kappa shape index (κ3) is 4.11. The number of rotatable bonds is 5. The van der Waals surface area contributed by atoms with Gasteiger partial charge in [-0.15, -0.1) is 0 Å². The number of aliphatic hydroxyl groups is 1. The Labute approximate surface area is 101 Å². The van der Waals surface area contributed by atoms with Crippen molar-refractivity contribution in [3.05, 3.63) is 33.6 Å². The van der Waals surface area contributed by atoms with E-state index in [1.165, 1.54) is 6.07 Å². The quantitative estimate of drug-likeness (QED) is 0.630. The van der Waals surface area contributed by atoms with Crippen molar-refractivity contribution in [1.82, 2.24) is 4.98 Å². The standard InChI is InChI=1S/C12H18N2O3/c1-8(2)6-10(15)7-11-12(14(16)17)5-4-9(3)13-11/h4-5,8,10,15H,6-7H2,1-3H3. The van der Waals surface area contributed by atoms with Crippen LogP contribution in [-0.4, -0.2) is 21.1 Å². The van der Waals surface area contributed by atoms with Crippen LogP contribution in [0.3, 0.4) is 0 Å². The molecular formula is C12H18N2O3. The molecule has 1 atom stereocenters. The lowest BCUT2D eigenvalue weighted by atomic mass is 10.0. The lowest BCUT2D eigenvalue weighted by Crippen LogP contribution is -2.15. The Balaban J connectivity index is 2.88. The molecule has 0 amide bonds. The van der Waals surface area contributed by atoms with Crippen molar-refractivity contribution in [2.75, 3.05) is 0 Å². The van der Waals surface area contributed by atoms with E-state index < -0.39 is 11.0 Å². The molecule has 0 radical (unpaired) electrons. The first-order chi connectivity index (χ1) is 7.90. The highest BCUT2D eigenvalue weighted by molar-refractivity contribution is 5.36. The van der Waals surface area contributed by atoms with Crippen LogP contribution in [0.15, 0.2) is 12.1 Å². The molecule has 0 saturated heterocycles. The van der Waals surface area contributed by atoms with Gasteiger partial charge in [0.25, 0.3) is 5.69 Å². The monoisotopic (exact) mass is 238 g/mol. The molecule has 1 aromatic heterocycles. The molecule has 0 aliphatic rings. The third-order valence-electron chi connectivity index (χ3n) is 2.46. The molecule has 1 rings (SSSR count). The molecule has 0 aromatic carbocycles. The van der Waals surface area contributed by atoms with Crippen molar-refractivity contribution >= 4 is 5.69 Å². The molecule has 1 aromatic rings. The van der Waals surface area contributed by atoms with E-state index in [9.17, 15) is 15.2 Å². The molecule has 5 nitrogen and oxygen atoms in total. The van der Waals surface area contributed by atoms with Gasteiger partial charge in [0.15, 0.2) is 0 Å². The highest BCUT2D eigenvalue weighted by Crippen LogP contribution is 2.20. The number of nitrogens with zero attached hydrogens (tertiary/aromatic N) is 2. The van der Waals surface area contributed by atoms with Crippen LogP contribution in [0.2, 0.25) is 0 Å². The van der Waals surface area contributed by atoms with Gasteiger partial charge in [-0.25, -0.2) is 0 Å². The molecule has 0 spiro atoms. The van der Waals surface area contributed by atoms with Crippen molar-refractivity contribution in [2.24, 2.45) is 5.92 Å². The molecule has 17 heavy (non-hydrogen) atoms. The second-order valence-corrected chi connectivity index (χ2v) is 4.66. The molecule has 5 heteroatoms. The van der Waals surface area contributed by atoms with Gasteiger partial charge in [0.05, 0.1) is 11.0 Å². The summed E-state index contributed by atoms with van der Waals surface area (Å²) in [4.78, 5) is 14.5. The van der Waals surface area contributed by atoms with E-state index in [2.05, 4.69) is 4.98 Å². The normalized spacial score (nSPS) is 12.8. The van der Waals surface area contributed by atoms with E-state index in [1.54, 1.807) is 13.0 Å². The number of nitro groups is 1. The maximum atomic E-state index is 10.8. The summed E-state index contributed by atoms with van der Waals surface area (Å²) in [6, 6.07) is 3.05. The number of pyridine rings is 1. The highest BCUT2D eigenvalue weighted by Gasteiger charge is 2.18. The van der Waals surface area contributed by atoms with Gasteiger partial charge in [0.1, 0.15) is 5.69 Å². The average molecular weight is 238 g/mol. The number of hydrogen-bond acceptors (Lipinski definition) is 4. The molecule has 0 aliphatic carbocycles. The lowest BCUT2D eigenvalue weighted by Gasteiger charge is -2.12. The minimum atomic E-state index is -0.581. The Morgan fingerprint density at radius 1 is 1.47 bits per heavy atom. The largest absolute Gasteiger partial charge is 0.393 e. The SMILES string of the molecule is Cc1ccc([N+](=O)[O-])c(CC(O)CC(C)C)n1. The smallest absolute Gasteiger partial charge is 0.290 e. The van der Waals surface area contributed by atoms with Gasteiger partial charge in [-0.2, -0.15) is 0 Å². The Morgan fingerprint density at radius 3 is 2.65 bits per heavy atom. The average Bonchev–Trinajstić information content (AvgIpc) is 2.15. The van der Waals surface area contributed by atoms with Gasteiger partial charge >= 0.3 is 0 Å². The summed E-state index contributed by atoms with van der Waals surface area (Å²) in [5.74, 6) is 0.355. The second kappa shape index (κ2) is 5.72. The highest BCUT2D eigenvalue weighted by atomic mass is 16.6. The second-order valence-electron chi connectivity index (χ2n) is 4.66. The topological polar surface area (TPSA) is 76.3 Å². The summed E-state index contributed by atoms with van der Waals surface area (Å²) in [5, 5.41) is 20.6. The molecule has 1 N–H and O–H groups in total. The Morgan fingerprint density at radius 2 is 2.12 bits per heavy atom. The zero-order valence-corrected chi connectivity index (χ0v) is 10.4. The predicted molar refractivity (Wildman–Crippen MR) is 64.8 cm³/mol. The maximum Gasteiger partial charge on any atom is 0.290 e. The Kier molecular flexibility index (Phi) is 4.57. The molecule has 0 saturated carbocycles. The van der Waals surface area contributed by atoms with Crippen molar-refractivity contribution in [2.45, 2.75) is 39.7 Å². The molecule has 1 heterocycles. The van der Waals surface area contributed by atoms with Crippen LogP contribution in [0.25, 0.3) is 0 Å². The van der Waals surface area contributed by atoms with Gasteiger partial charge < -0.3 is 5.11 Å². The summed E-state index contributed by atoms with van der Waals surface area (Å²) in [7, 11) is 0. The zero-order chi connectivity index (χ0) is 13.0. The lowest BCUT2D eigenvalue weighted by molar-refractivity contribution is -0.386. The van der Waals surface area contributed by atoms with E-state index >= 15 is 0 Å². The first kappa shape index (κ1) is 13.6. The third-order valence-corrected chi connectivity index (χ3v) is 2.46. The molecule has 0 bridgehead atoms. The van der Waals surface area contributed by atoms with Crippen LogP contribution in [0.5, 0.6) is 0 Å². The molecular weight excluding hydrogens is 220 g/mol. The first-order valence-corrected chi connectivity index (χ1v) is 5.69. The number of aromatic nitrogens is 1. The summed E-state index contributed by atoms with van der Waals surface area (Å²) >= 11 is 0. The Hall–Kier alpha value is -1.49. The van der Waals surface area contributed by atoms with Gasteiger partial charge in [-0.3, -0.25) is 15.1 Å². The van der Waals surface area contributed by atoms with Crippen LogP contribution in [0.1, 0.15) is 31.7 Å². The van der Waals surface area contributed by atoms with Crippen molar-refractivity contribution in [1.29, 1.82) is 0 Å². The number of aliphatic hydroxyl groups excluding tert-OH is 1. The van der Waals surface area contributed by atoms with Crippen LogP contribution < -0.4 is 0 Å². The van der Waals surface area contributed by atoms with Crippen molar-refractivity contribution in [3.8, 4) is 0 Å². The summed E-state index contributed by atoms with van der Waals surface area (Å²) in [6.45, 7) is 5.78. The van der Waals surface area contributed by atoms with E-state index in [0.29, 0.717) is 18.0 Å². The molecule has 1 unspecified atom stereocenters. The predicted octanol–water partition coefficient (Wildman–Crippen LogP) is 2.25. The minimum absolute atomic E-state index is 0.0154. The molecule has 94 valence electrons. The summed E-state index contributed by atoms with van der Waals surface area (Å²) < 4.78 is 0. The first-order valence-electron chi connectivity index (χ1n) is 5.69. The minimum Gasteiger partial charge on any atom is -0.393 e. The summed E-state index contributed by atoms with van der Waals surface area (Å²) in [6.07, 6.45) is 0.270. The Bertz CT molecular complexity index is 405. The fraction of sp³-hybridized carbons (Fsp3) is 0.583. The van der Waals surface area contributed by atoms with Gasteiger partial charge in [0, 0.05) is 18.2 Å². The molecule has 0 aliphatic heterocycles. The number of hydrogen-bond donors (Lipinski definition) is 1. The summed E-state index contributed by atoms with van der Waals surface area (Å²) in [5.41, 5.74) is 1.07. The maximum absolute atomic E-state index is 10.8. The fourth-order valence-electron chi connectivity index (χ4n) is 1.77. The van der Waals surface area contributed by atoms with Gasteiger partial charge in [0.2, 0.25) is 0 Å². The fourth-order valence-corrected chi connectivity index (χ4v) is 1.77. The van der Waals surface area contributed by atoms with Crippen LogP contribution in [0.4, 0.5) is 5.69 Å². The van der Waals surface area contributed by atoms with E-state index in [-0.39, 0.29) is 12.1 Å². The van der Waals surface area contributed by atoms with Gasteiger partial charge in [-0.05, 0) is 25.3 Å². The van der Waals surface area contributed by atoms with Crippen LogP contribution in [-0.2, 0) is 6.42 Å². The van der Waals surface area contributed by atoms with Crippen LogP contribution in [0, 0.1) is 23.0 Å².